The molecule has 1 heterocycles. The largest absolute Gasteiger partial charge is 0.392 e. The van der Waals surface area contributed by atoms with Gasteiger partial charge in [-0.2, -0.15) is 0 Å². The quantitative estimate of drug-likeness (QED) is 0.706. The lowest BCUT2D eigenvalue weighted by Gasteiger charge is -1.97. The Kier molecular flexibility index (Phi) is 2.44. The third-order valence-corrected chi connectivity index (χ3v) is 2.36. The van der Waals surface area contributed by atoms with Crippen LogP contribution in [0.4, 0.5) is 0 Å². The summed E-state index contributed by atoms with van der Waals surface area (Å²) < 4.78 is 21.8. The van der Waals surface area contributed by atoms with Crippen LogP contribution in [0.5, 0.6) is 0 Å². The summed E-state index contributed by atoms with van der Waals surface area (Å²) in [6, 6.07) is 2.91. The number of hydrogen-bond acceptors (Lipinski definition) is 4. The Morgan fingerprint density at radius 1 is 1.50 bits per heavy atom. The first kappa shape index (κ1) is 9.15. The van der Waals surface area contributed by atoms with E-state index < -0.39 is 9.84 Å². The molecule has 0 unspecified atom stereocenters. The van der Waals surface area contributed by atoms with Crippen molar-refractivity contribution in [3.05, 3.63) is 23.9 Å². The predicted octanol–water partition coefficient (Wildman–Crippen LogP) is -0.0226. The molecular formula is C7H9NO3S. The van der Waals surface area contributed by atoms with E-state index >= 15 is 0 Å². The van der Waals surface area contributed by atoms with E-state index in [-0.39, 0.29) is 11.6 Å². The molecule has 0 atom stereocenters. The van der Waals surface area contributed by atoms with Crippen LogP contribution < -0.4 is 0 Å². The molecule has 4 nitrogen and oxygen atoms in total. The lowest BCUT2D eigenvalue weighted by atomic mass is 10.3. The fourth-order valence-electron chi connectivity index (χ4n) is 0.724. The van der Waals surface area contributed by atoms with Crippen molar-refractivity contribution in [3.8, 4) is 0 Å². The molecule has 0 spiro atoms. The fraction of sp³-hybridized carbons (Fsp3) is 0.286. The van der Waals surface area contributed by atoms with E-state index in [2.05, 4.69) is 4.98 Å². The van der Waals surface area contributed by atoms with Gasteiger partial charge in [0.15, 0.2) is 14.9 Å². The van der Waals surface area contributed by atoms with Crippen molar-refractivity contribution < 1.29 is 13.5 Å². The number of aromatic nitrogens is 1. The summed E-state index contributed by atoms with van der Waals surface area (Å²) in [4.78, 5) is 3.67. The van der Waals surface area contributed by atoms with Gasteiger partial charge in [0.1, 0.15) is 0 Å². The Morgan fingerprint density at radius 3 is 2.50 bits per heavy atom. The third-order valence-electron chi connectivity index (χ3n) is 1.36. The Hall–Kier alpha value is -0.940. The van der Waals surface area contributed by atoms with Crippen molar-refractivity contribution in [1.29, 1.82) is 0 Å². The van der Waals surface area contributed by atoms with Gasteiger partial charge in [-0.25, -0.2) is 13.4 Å². The third kappa shape index (κ3) is 2.02. The van der Waals surface area contributed by atoms with E-state index in [4.69, 9.17) is 5.11 Å². The SMILES string of the molecule is CS(=O)(=O)c1ccc(CO)cn1. The molecule has 0 saturated heterocycles. The van der Waals surface area contributed by atoms with E-state index in [1.807, 2.05) is 0 Å². The zero-order valence-electron chi connectivity index (χ0n) is 6.56. The fourth-order valence-corrected chi connectivity index (χ4v) is 1.28. The summed E-state index contributed by atoms with van der Waals surface area (Å²) in [5.41, 5.74) is 0.599. The molecule has 0 aliphatic carbocycles. The van der Waals surface area contributed by atoms with Crippen molar-refractivity contribution in [2.75, 3.05) is 6.26 Å². The molecule has 0 amide bonds. The summed E-state index contributed by atoms with van der Waals surface area (Å²) in [6.07, 6.45) is 2.43. The van der Waals surface area contributed by atoms with Crippen LogP contribution in [0.3, 0.4) is 0 Å². The van der Waals surface area contributed by atoms with E-state index in [9.17, 15) is 8.42 Å². The molecular weight excluding hydrogens is 178 g/mol. The lowest BCUT2D eigenvalue weighted by Crippen LogP contribution is -2.00. The number of aliphatic hydroxyl groups is 1. The van der Waals surface area contributed by atoms with Crippen LogP contribution in [0.25, 0.3) is 0 Å². The topological polar surface area (TPSA) is 67.3 Å². The molecule has 1 rings (SSSR count). The summed E-state index contributed by atoms with van der Waals surface area (Å²) in [6.45, 7) is -0.128. The lowest BCUT2D eigenvalue weighted by molar-refractivity contribution is 0.281. The minimum Gasteiger partial charge on any atom is -0.392 e. The second-order valence-electron chi connectivity index (χ2n) is 2.43. The van der Waals surface area contributed by atoms with Gasteiger partial charge in [0.2, 0.25) is 0 Å². The first-order valence-corrected chi connectivity index (χ1v) is 5.19. The van der Waals surface area contributed by atoms with Gasteiger partial charge in [-0.15, -0.1) is 0 Å². The minimum absolute atomic E-state index is 0.0275. The number of hydrogen-bond donors (Lipinski definition) is 1. The number of aliphatic hydroxyl groups excluding tert-OH is 1. The van der Waals surface area contributed by atoms with Crippen LogP contribution in [0.2, 0.25) is 0 Å². The molecule has 0 aromatic carbocycles. The second kappa shape index (κ2) is 3.20. The Balaban J connectivity index is 3.09. The van der Waals surface area contributed by atoms with Crippen molar-refractivity contribution in [3.63, 3.8) is 0 Å². The molecule has 0 saturated carbocycles. The Morgan fingerprint density at radius 2 is 2.17 bits per heavy atom. The molecule has 1 N–H and O–H groups in total. The number of rotatable bonds is 2. The first-order chi connectivity index (χ1) is 5.54. The summed E-state index contributed by atoms with van der Waals surface area (Å²) in [5.74, 6) is 0. The van der Waals surface area contributed by atoms with E-state index in [1.54, 1.807) is 0 Å². The molecule has 0 bridgehead atoms. The zero-order valence-corrected chi connectivity index (χ0v) is 7.37. The molecule has 1 aromatic heterocycles. The first-order valence-electron chi connectivity index (χ1n) is 3.30. The molecule has 66 valence electrons. The zero-order chi connectivity index (χ0) is 9.19. The maximum Gasteiger partial charge on any atom is 0.192 e. The number of pyridine rings is 1. The van der Waals surface area contributed by atoms with Gasteiger partial charge in [-0.05, 0) is 11.6 Å². The van der Waals surface area contributed by atoms with Crippen molar-refractivity contribution in [2.45, 2.75) is 11.6 Å². The van der Waals surface area contributed by atoms with Crippen molar-refractivity contribution in [1.82, 2.24) is 4.98 Å². The Labute approximate surface area is 70.8 Å². The number of nitrogens with zero attached hydrogens (tertiary/aromatic N) is 1. The van der Waals surface area contributed by atoms with E-state index in [0.717, 1.165) is 6.26 Å². The molecule has 0 aliphatic heterocycles. The molecule has 0 fully saturated rings. The number of sulfone groups is 1. The van der Waals surface area contributed by atoms with Crippen molar-refractivity contribution >= 4 is 9.84 Å². The highest BCUT2D eigenvalue weighted by Gasteiger charge is 2.07. The molecule has 0 radical (unpaired) electrons. The average molecular weight is 187 g/mol. The summed E-state index contributed by atoms with van der Waals surface area (Å²) >= 11 is 0. The normalized spacial score (nSPS) is 11.5. The highest BCUT2D eigenvalue weighted by molar-refractivity contribution is 7.90. The second-order valence-corrected chi connectivity index (χ2v) is 4.40. The molecule has 12 heavy (non-hydrogen) atoms. The van der Waals surface area contributed by atoms with Gasteiger partial charge in [0, 0.05) is 12.5 Å². The van der Waals surface area contributed by atoms with Gasteiger partial charge < -0.3 is 5.11 Å². The maximum atomic E-state index is 10.9. The smallest absolute Gasteiger partial charge is 0.192 e. The van der Waals surface area contributed by atoms with Crippen LogP contribution >= 0.6 is 0 Å². The van der Waals surface area contributed by atoms with Crippen LogP contribution in [0, 0.1) is 0 Å². The standard InChI is InChI=1S/C7H9NO3S/c1-12(10,11)7-3-2-6(5-9)4-8-7/h2-4,9H,5H2,1H3. The average Bonchev–Trinajstić information content (AvgIpc) is 2.03. The van der Waals surface area contributed by atoms with Crippen LogP contribution in [-0.4, -0.2) is 24.8 Å². The van der Waals surface area contributed by atoms with Gasteiger partial charge in [0.25, 0.3) is 0 Å². The van der Waals surface area contributed by atoms with Crippen LogP contribution in [-0.2, 0) is 16.4 Å². The van der Waals surface area contributed by atoms with Crippen LogP contribution in [0.1, 0.15) is 5.56 Å². The van der Waals surface area contributed by atoms with E-state index in [0.29, 0.717) is 5.56 Å². The van der Waals surface area contributed by atoms with Crippen molar-refractivity contribution in [2.24, 2.45) is 0 Å². The van der Waals surface area contributed by atoms with Gasteiger partial charge in [-0.1, -0.05) is 6.07 Å². The summed E-state index contributed by atoms with van der Waals surface area (Å²) in [7, 11) is -3.22. The van der Waals surface area contributed by atoms with E-state index in [1.165, 1.54) is 18.3 Å². The minimum atomic E-state index is -3.22. The molecule has 0 aliphatic rings. The Bertz CT molecular complexity index is 355. The van der Waals surface area contributed by atoms with Gasteiger partial charge in [0.05, 0.1) is 6.61 Å². The highest BCUT2D eigenvalue weighted by atomic mass is 32.2. The van der Waals surface area contributed by atoms with Gasteiger partial charge in [-0.3, -0.25) is 0 Å². The maximum absolute atomic E-state index is 10.9. The highest BCUT2D eigenvalue weighted by Crippen LogP contribution is 2.05. The monoisotopic (exact) mass is 187 g/mol. The molecule has 1 aromatic rings. The molecule has 5 heteroatoms. The van der Waals surface area contributed by atoms with Gasteiger partial charge >= 0.3 is 0 Å². The van der Waals surface area contributed by atoms with Crippen LogP contribution in [0.15, 0.2) is 23.4 Å². The predicted molar refractivity (Wildman–Crippen MR) is 43.3 cm³/mol. The summed E-state index contributed by atoms with van der Waals surface area (Å²) in [5, 5.41) is 8.67.